The van der Waals surface area contributed by atoms with Crippen LogP contribution in [0, 0.1) is 0 Å². The van der Waals surface area contributed by atoms with Crippen LogP contribution in [0.1, 0.15) is 31.6 Å². The van der Waals surface area contributed by atoms with Crippen LogP contribution in [0.4, 0.5) is 0 Å². The van der Waals surface area contributed by atoms with E-state index in [1.54, 1.807) is 0 Å². The van der Waals surface area contributed by atoms with Gasteiger partial charge in [0.2, 0.25) is 0 Å². The lowest BCUT2D eigenvalue weighted by Crippen LogP contribution is -2.44. The number of para-hydroxylation sites is 2. The summed E-state index contributed by atoms with van der Waals surface area (Å²) in [7, 11) is 2.05. The predicted molar refractivity (Wildman–Crippen MR) is 88.6 cm³/mol. The summed E-state index contributed by atoms with van der Waals surface area (Å²) in [6.07, 6.45) is 1.75. The molecule has 1 atom stereocenters. The van der Waals surface area contributed by atoms with Crippen molar-refractivity contribution in [3.8, 4) is 0 Å². The number of aliphatic hydroxyl groups is 1. The fraction of sp³-hybridized carbons (Fsp3) is 0.562. The minimum absolute atomic E-state index is 0.126. The van der Waals surface area contributed by atoms with E-state index >= 15 is 0 Å². The van der Waals surface area contributed by atoms with Crippen LogP contribution in [0.3, 0.4) is 0 Å². The summed E-state index contributed by atoms with van der Waals surface area (Å²) in [6, 6.07) is 8.30. The highest BCUT2D eigenvalue weighted by Crippen LogP contribution is 2.27. The number of aromatic nitrogens is 2. The summed E-state index contributed by atoms with van der Waals surface area (Å²) in [5, 5.41) is 14.0. The molecule has 21 heavy (non-hydrogen) atoms. The molecule has 0 spiro atoms. The van der Waals surface area contributed by atoms with Gasteiger partial charge in [-0.25, -0.2) is 4.98 Å². The van der Waals surface area contributed by atoms with Crippen molar-refractivity contribution in [2.75, 3.05) is 18.1 Å². The second-order valence-electron chi connectivity index (χ2n) is 5.96. The number of nitrogens with zero attached hydrogens (tertiary/aromatic N) is 2. The lowest BCUT2D eigenvalue weighted by molar-refractivity contribution is 0.0297. The zero-order valence-corrected chi connectivity index (χ0v) is 13.5. The number of fused-ring (bicyclic) bond motifs is 1. The standard InChI is InChI=1S/C16H23N3OS/c1-12(17-11-16(20)7-9-21-10-8-16)15-18-13-5-3-4-6-14(13)19(15)2/h3-6,12,17,20H,7-11H2,1-2H3. The fourth-order valence-electron chi connectivity index (χ4n) is 2.91. The van der Waals surface area contributed by atoms with Crippen LogP contribution < -0.4 is 5.32 Å². The Bertz CT molecular complexity index is 619. The Balaban J connectivity index is 1.72. The van der Waals surface area contributed by atoms with Crippen LogP contribution >= 0.6 is 11.8 Å². The van der Waals surface area contributed by atoms with Crippen molar-refractivity contribution in [2.24, 2.45) is 7.05 Å². The van der Waals surface area contributed by atoms with Gasteiger partial charge in [0, 0.05) is 13.6 Å². The third kappa shape index (κ3) is 3.10. The van der Waals surface area contributed by atoms with E-state index in [9.17, 15) is 5.11 Å². The second kappa shape index (κ2) is 5.99. The number of hydrogen-bond donors (Lipinski definition) is 2. The second-order valence-corrected chi connectivity index (χ2v) is 7.18. The molecule has 0 bridgehead atoms. The van der Waals surface area contributed by atoms with Gasteiger partial charge in [0.25, 0.3) is 0 Å². The van der Waals surface area contributed by atoms with Crippen LogP contribution in [-0.4, -0.2) is 38.3 Å². The van der Waals surface area contributed by atoms with E-state index in [2.05, 4.69) is 29.9 Å². The predicted octanol–water partition coefficient (Wildman–Crippen LogP) is 2.48. The molecule has 1 aliphatic heterocycles. The Hall–Kier alpha value is -1.04. The van der Waals surface area contributed by atoms with Crippen LogP contribution in [0.25, 0.3) is 11.0 Å². The van der Waals surface area contributed by atoms with E-state index in [1.165, 1.54) is 0 Å². The first kappa shape index (κ1) is 14.9. The fourth-order valence-corrected chi connectivity index (χ4v) is 4.17. The van der Waals surface area contributed by atoms with Gasteiger partial charge in [-0.2, -0.15) is 11.8 Å². The summed E-state index contributed by atoms with van der Waals surface area (Å²) in [5.41, 5.74) is 1.62. The maximum Gasteiger partial charge on any atom is 0.126 e. The third-order valence-electron chi connectivity index (χ3n) is 4.37. The highest BCUT2D eigenvalue weighted by molar-refractivity contribution is 7.99. The topological polar surface area (TPSA) is 50.1 Å². The molecule has 2 N–H and O–H groups in total. The molecule has 0 aliphatic carbocycles. The minimum atomic E-state index is -0.551. The molecule has 1 unspecified atom stereocenters. The first-order valence-electron chi connectivity index (χ1n) is 7.54. The number of aryl methyl sites for hydroxylation is 1. The van der Waals surface area contributed by atoms with Crippen molar-refractivity contribution in [3.05, 3.63) is 30.1 Å². The number of rotatable bonds is 4. The molecule has 4 nitrogen and oxygen atoms in total. The third-order valence-corrected chi connectivity index (χ3v) is 5.36. The van der Waals surface area contributed by atoms with Gasteiger partial charge in [0.05, 0.1) is 22.7 Å². The molecule has 0 amide bonds. The summed E-state index contributed by atoms with van der Waals surface area (Å²) in [4.78, 5) is 4.71. The number of imidazole rings is 1. The van der Waals surface area contributed by atoms with Crippen molar-refractivity contribution in [1.29, 1.82) is 0 Å². The van der Waals surface area contributed by atoms with Gasteiger partial charge < -0.3 is 15.0 Å². The minimum Gasteiger partial charge on any atom is -0.389 e. The quantitative estimate of drug-likeness (QED) is 0.911. The Morgan fingerprint density at radius 1 is 1.38 bits per heavy atom. The number of thioether (sulfide) groups is 1. The molecule has 1 aliphatic rings. The molecule has 5 heteroatoms. The van der Waals surface area contributed by atoms with Gasteiger partial charge in [-0.15, -0.1) is 0 Å². The van der Waals surface area contributed by atoms with E-state index < -0.39 is 5.60 Å². The molecule has 1 aromatic heterocycles. The van der Waals surface area contributed by atoms with Crippen molar-refractivity contribution >= 4 is 22.8 Å². The van der Waals surface area contributed by atoms with Crippen molar-refractivity contribution in [2.45, 2.75) is 31.4 Å². The molecule has 0 saturated carbocycles. The first-order valence-corrected chi connectivity index (χ1v) is 8.69. The van der Waals surface area contributed by atoms with Gasteiger partial charge in [0.1, 0.15) is 5.82 Å². The Kier molecular flexibility index (Phi) is 4.24. The highest BCUT2D eigenvalue weighted by Gasteiger charge is 2.30. The summed E-state index contributed by atoms with van der Waals surface area (Å²) >= 11 is 1.93. The summed E-state index contributed by atoms with van der Waals surface area (Å²) in [5.74, 6) is 3.13. The first-order chi connectivity index (χ1) is 10.1. The molecule has 2 aromatic rings. The van der Waals surface area contributed by atoms with Gasteiger partial charge in [-0.3, -0.25) is 0 Å². The largest absolute Gasteiger partial charge is 0.389 e. The average molecular weight is 305 g/mol. The molecule has 1 fully saturated rings. The molecule has 1 aromatic carbocycles. The number of nitrogens with one attached hydrogen (secondary N) is 1. The molecular weight excluding hydrogens is 282 g/mol. The van der Waals surface area contributed by atoms with Crippen LogP contribution in [-0.2, 0) is 7.05 Å². The Morgan fingerprint density at radius 3 is 2.81 bits per heavy atom. The molecular formula is C16H23N3OS. The van der Waals surface area contributed by atoms with Crippen LogP contribution in [0.2, 0.25) is 0 Å². The van der Waals surface area contributed by atoms with Gasteiger partial charge in [-0.05, 0) is 43.4 Å². The molecule has 114 valence electrons. The monoisotopic (exact) mass is 305 g/mol. The smallest absolute Gasteiger partial charge is 0.126 e. The van der Waals surface area contributed by atoms with Crippen molar-refractivity contribution in [3.63, 3.8) is 0 Å². The SMILES string of the molecule is CC(NCC1(O)CCSCC1)c1nc2ccccc2n1C. The zero-order chi connectivity index (χ0) is 14.9. The Morgan fingerprint density at radius 2 is 2.10 bits per heavy atom. The van der Waals surface area contributed by atoms with Crippen LogP contribution in [0.5, 0.6) is 0 Å². The normalized spacial score (nSPS) is 19.8. The van der Waals surface area contributed by atoms with Gasteiger partial charge >= 0.3 is 0 Å². The van der Waals surface area contributed by atoms with E-state index in [-0.39, 0.29) is 6.04 Å². The van der Waals surface area contributed by atoms with Crippen molar-refractivity contribution in [1.82, 2.24) is 14.9 Å². The summed E-state index contributed by atoms with van der Waals surface area (Å²) in [6.45, 7) is 2.75. The lowest BCUT2D eigenvalue weighted by Gasteiger charge is -2.33. The molecule has 3 rings (SSSR count). The zero-order valence-electron chi connectivity index (χ0n) is 12.7. The van der Waals surface area contributed by atoms with E-state index in [0.29, 0.717) is 6.54 Å². The molecule has 2 heterocycles. The average Bonchev–Trinajstić information content (AvgIpc) is 2.84. The van der Waals surface area contributed by atoms with Gasteiger partial charge in [-0.1, -0.05) is 12.1 Å². The highest BCUT2D eigenvalue weighted by atomic mass is 32.2. The van der Waals surface area contributed by atoms with Crippen molar-refractivity contribution < 1.29 is 5.11 Å². The number of hydrogen-bond acceptors (Lipinski definition) is 4. The van der Waals surface area contributed by atoms with Crippen LogP contribution in [0.15, 0.2) is 24.3 Å². The van der Waals surface area contributed by atoms with E-state index in [0.717, 1.165) is 41.2 Å². The van der Waals surface area contributed by atoms with Gasteiger partial charge in [0.15, 0.2) is 0 Å². The maximum atomic E-state index is 10.6. The lowest BCUT2D eigenvalue weighted by atomic mass is 9.96. The Labute approximate surface area is 129 Å². The van der Waals surface area contributed by atoms with E-state index in [1.807, 2.05) is 30.0 Å². The maximum absolute atomic E-state index is 10.6. The van der Waals surface area contributed by atoms with E-state index in [4.69, 9.17) is 4.98 Å². The molecule has 1 saturated heterocycles. The number of benzene rings is 1. The summed E-state index contributed by atoms with van der Waals surface area (Å²) < 4.78 is 2.13. The molecule has 0 radical (unpaired) electrons.